The van der Waals surface area contributed by atoms with Gasteiger partial charge in [-0.15, -0.1) is 11.8 Å². The molecule has 3 aromatic rings. The van der Waals surface area contributed by atoms with Crippen molar-refractivity contribution in [3.63, 3.8) is 0 Å². The summed E-state index contributed by atoms with van der Waals surface area (Å²) in [6, 6.07) is 25.5. The maximum absolute atomic E-state index is 13.1. The summed E-state index contributed by atoms with van der Waals surface area (Å²) >= 11 is 1.41. The number of carbonyl (C=O) groups is 3. The fourth-order valence-electron chi connectivity index (χ4n) is 3.99. The van der Waals surface area contributed by atoms with Crippen LogP contribution in [0.2, 0.25) is 0 Å². The van der Waals surface area contributed by atoms with Gasteiger partial charge < -0.3 is 18.9 Å². The van der Waals surface area contributed by atoms with Gasteiger partial charge in [-0.05, 0) is 49.1 Å². The summed E-state index contributed by atoms with van der Waals surface area (Å²) in [4.78, 5) is 39.2. The maximum Gasteiger partial charge on any atom is 0.338 e. The SMILES string of the molecule is CCS[C@@H]1O[C@@H](C)[C@H](OC(=O)c2ccccc2)[C@@H](OC(=O)c2ccccc2)[C@H]1OC(=O)c1ccccc1. The topological polar surface area (TPSA) is 88.1 Å². The van der Waals surface area contributed by atoms with Gasteiger partial charge in [0, 0.05) is 0 Å². The third-order valence-corrected chi connectivity index (χ3v) is 6.86. The van der Waals surface area contributed by atoms with Gasteiger partial charge in [0.25, 0.3) is 0 Å². The van der Waals surface area contributed by atoms with E-state index in [0.717, 1.165) is 0 Å². The fourth-order valence-corrected chi connectivity index (χ4v) is 4.97. The number of hydrogen-bond donors (Lipinski definition) is 0. The molecule has 37 heavy (non-hydrogen) atoms. The Kier molecular flexibility index (Phi) is 8.98. The molecule has 0 N–H and O–H groups in total. The van der Waals surface area contributed by atoms with Crippen LogP contribution in [0.5, 0.6) is 0 Å². The average Bonchev–Trinajstić information content (AvgIpc) is 2.94. The van der Waals surface area contributed by atoms with Crippen molar-refractivity contribution in [1.82, 2.24) is 0 Å². The van der Waals surface area contributed by atoms with Crippen LogP contribution in [0.3, 0.4) is 0 Å². The van der Waals surface area contributed by atoms with E-state index in [-0.39, 0.29) is 0 Å². The van der Waals surface area contributed by atoms with E-state index in [4.69, 9.17) is 18.9 Å². The van der Waals surface area contributed by atoms with E-state index in [1.807, 2.05) is 6.92 Å². The Morgan fingerprint density at radius 2 is 1.03 bits per heavy atom. The Bertz CT molecular complexity index is 1190. The first-order valence-electron chi connectivity index (χ1n) is 12.0. The number of hydrogen-bond acceptors (Lipinski definition) is 8. The van der Waals surface area contributed by atoms with Crippen LogP contribution >= 0.6 is 11.8 Å². The molecule has 0 aliphatic carbocycles. The van der Waals surface area contributed by atoms with Crippen molar-refractivity contribution in [2.45, 2.75) is 43.7 Å². The van der Waals surface area contributed by atoms with Crippen molar-refractivity contribution < 1.29 is 33.3 Å². The largest absolute Gasteiger partial charge is 0.452 e. The summed E-state index contributed by atoms with van der Waals surface area (Å²) < 4.78 is 23.8. The number of benzene rings is 3. The van der Waals surface area contributed by atoms with E-state index >= 15 is 0 Å². The highest BCUT2D eigenvalue weighted by molar-refractivity contribution is 7.99. The zero-order chi connectivity index (χ0) is 26.2. The van der Waals surface area contributed by atoms with E-state index in [2.05, 4.69) is 0 Å². The summed E-state index contributed by atoms with van der Waals surface area (Å²) in [5.74, 6) is -1.16. The Hall–Kier alpha value is -3.62. The molecule has 8 heteroatoms. The molecule has 1 heterocycles. The Morgan fingerprint density at radius 3 is 1.43 bits per heavy atom. The Morgan fingerprint density at radius 1 is 0.649 bits per heavy atom. The molecule has 0 spiro atoms. The van der Waals surface area contributed by atoms with Crippen LogP contribution in [0.1, 0.15) is 44.9 Å². The molecular formula is C29H28O7S. The van der Waals surface area contributed by atoms with Gasteiger partial charge in [0.05, 0.1) is 22.8 Å². The molecule has 192 valence electrons. The van der Waals surface area contributed by atoms with E-state index in [0.29, 0.717) is 22.4 Å². The lowest BCUT2D eigenvalue weighted by Gasteiger charge is -2.43. The highest BCUT2D eigenvalue weighted by Crippen LogP contribution is 2.35. The molecular weight excluding hydrogens is 492 g/mol. The molecule has 0 saturated carbocycles. The van der Waals surface area contributed by atoms with Crippen LogP contribution in [0.25, 0.3) is 0 Å². The van der Waals surface area contributed by atoms with E-state index < -0.39 is 47.8 Å². The first-order valence-corrected chi connectivity index (χ1v) is 13.1. The first-order chi connectivity index (χ1) is 18.0. The Balaban J connectivity index is 1.67. The van der Waals surface area contributed by atoms with Gasteiger partial charge in [0.1, 0.15) is 5.44 Å². The Labute approximate surface area is 220 Å². The molecule has 7 nitrogen and oxygen atoms in total. The summed E-state index contributed by atoms with van der Waals surface area (Å²) in [5, 5.41) is 0. The minimum atomic E-state index is -1.11. The number of ether oxygens (including phenoxy) is 4. The quantitative estimate of drug-likeness (QED) is 0.297. The molecule has 0 radical (unpaired) electrons. The predicted octanol–water partition coefficient (Wildman–Crippen LogP) is 5.16. The number of rotatable bonds is 8. The summed E-state index contributed by atoms with van der Waals surface area (Å²) in [6.45, 7) is 3.69. The summed E-state index contributed by atoms with van der Waals surface area (Å²) in [6.07, 6.45) is -3.81. The highest BCUT2D eigenvalue weighted by Gasteiger charge is 2.51. The molecule has 1 fully saturated rings. The second-order valence-corrected chi connectivity index (χ2v) is 9.75. The molecule has 5 atom stereocenters. The second kappa shape index (κ2) is 12.6. The first kappa shape index (κ1) is 26.4. The standard InChI is InChI=1S/C29H28O7S/c1-3-37-29-25(36-28(32)22-17-11-6-12-18-22)24(35-27(31)21-15-9-5-10-16-21)23(19(2)33-29)34-26(30)20-13-7-4-8-14-20/h4-19,23-25,29H,3H2,1-2H3/t19-,23-,24+,25+,29-/m0/s1. The third-order valence-electron chi connectivity index (χ3n) is 5.82. The molecule has 3 aromatic carbocycles. The third kappa shape index (κ3) is 6.58. The van der Waals surface area contributed by atoms with E-state index in [1.165, 1.54) is 11.8 Å². The van der Waals surface area contributed by atoms with Gasteiger partial charge in [-0.25, -0.2) is 14.4 Å². The molecule has 0 aromatic heterocycles. The smallest absolute Gasteiger partial charge is 0.338 e. The monoisotopic (exact) mass is 520 g/mol. The molecule has 0 bridgehead atoms. The van der Waals surface area contributed by atoms with Gasteiger partial charge in [0.2, 0.25) is 0 Å². The van der Waals surface area contributed by atoms with Crippen LogP contribution in [-0.4, -0.2) is 53.5 Å². The zero-order valence-electron chi connectivity index (χ0n) is 20.5. The lowest BCUT2D eigenvalue weighted by molar-refractivity contribution is -0.195. The van der Waals surface area contributed by atoms with Crippen molar-refractivity contribution in [2.75, 3.05) is 5.75 Å². The van der Waals surface area contributed by atoms with Crippen molar-refractivity contribution >= 4 is 29.7 Å². The van der Waals surface area contributed by atoms with Crippen LogP contribution in [0.15, 0.2) is 91.0 Å². The molecule has 1 aliphatic rings. The maximum atomic E-state index is 13.1. The lowest BCUT2D eigenvalue weighted by atomic mass is 9.99. The van der Waals surface area contributed by atoms with Crippen molar-refractivity contribution in [3.8, 4) is 0 Å². The van der Waals surface area contributed by atoms with Crippen LogP contribution in [-0.2, 0) is 18.9 Å². The molecule has 0 amide bonds. The second-order valence-electron chi connectivity index (χ2n) is 8.37. The molecule has 1 aliphatic heterocycles. The van der Waals surface area contributed by atoms with Crippen LogP contribution in [0.4, 0.5) is 0 Å². The van der Waals surface area contributed by atoms with Crippen molar-refractivity contribution in [1.29, 1.82) is 0 Å². The molecule has 0 unspecified atom stereocenters. The fraction of sp³-hybridized carbons (Fsp3) is 0.276. The highest BCUT2D eigenvalue weighted by atomic mass is 32.2. The summed E-state index contributed by atoms with van der Waals surface area (Å²) in [5.41, 5.74) is 0.355. The van der Waals surface area contributed by atoms with E-state index in [1.54, 1.807) is 97.9 Å². The number of esters is 3. The number of carbonyl (C=O) groups excluding carboxylic acids is 3. The minimum absolute atomic E-state index is 0.322. The molecule has 4 rings (SSSR count). The molecule has 1 saturated heterocycles. The van der Waals surface area contributed by atoms with Crippen molar-refractivity contribution in [3.05, 3.63) is 108 Å². The van der Waals surface area contributed by atoms with Gasteiger partial charge >= 0.3 is 17.9 Å². The van der Waals surface area contributed by atoms with Crippen LogP contribution in [0, 0.1) is 0 Å². The minimum Gasteiger partial charge on any atom is -0.452 e. The zero-order valence-corrected chi connectivity index (χ0v) is 21.3. The average molecular weight is 521 g/mol. The van der Waals surface area contributed by atoms with Crippen LogP contribution < -0.4 is 0 Å². The van der Waals surface area contributed by atoms with Gasteiger partial charge in [0.15, 0.2) is 18.3 Å². The predicted molar refractivity (Wildman–Crippen MR) is 139 cm³/mol. The normalized spacial score (nSPS) is 23.0. The van der Waals surface area contributed by atoms with E-state index in [9.17, 15) is 14.4 Å². The van der Waals surface area contributed by atoms with Gasteiger partial charge in [-0.2, -0.15) is 0 Å². The van der Waals surface area contributed by atoms with Gasteiger partial charge in [-0.3, -0.25) is 0 Å². The summed E-state index contributed by atoms with van der Waals surface area (Å²) in [7, 11) is 0. The van der Waals surface area contributed by atoms with Crippen molar-refractivity contribution in [2.24, 2.45) is 0 Å². The lowest BCUT2D eigenvalue weighted by Crippen LogP contribution is -2.60. The number of thioether (sulfide) groups is 1. The van der Waals surface area contributed by atoms with Gasteiger partial charge in [-0.1, -0.05) is 61.5 Å².